The van der Waals surface area contributed by atoms with Gasteiger partial charge in [0, 0.05) is 37.3 Å². The van der Waals surface area contributed by atoms with Gasteiger partial charge in [0.2, 0.25) is 5.91 Å². The lowest BCUT2D eigenvalue weighted by Gasteiger charge is -2.25. The van der Waals surface area contributed by atoms with Gasteiger partial charge in [-0.15, -0.1) is 0 Å². The Kier molecular flexibility index (Phi) is 4.24. The minimum Gasteiger partial charge on any atom is -0.317 e. The summed E-state index contributed by atoms with van der Waals surface area (Å²) in [5.41, 5.74) is 3.91. The van der Waals surface area contributed by atoms with Crippen LogP contribution in [-0.4, -0.2) is 28.4 Å². The number of carbonyl (C=O) groups is 1. The lowest BCUT2D eigenvalue weighted by molar-refractivity contribution is -0.115. The predicted octanol–water partition coefficient (Wildman–Crippen LogP) is 3.49. The zero-order valence-electron chi connectivity index (χ0n) is 14.4. The van der Waals surface area contributed by atoms with E-state index in [0.29, 0.717) is 5.92 Å². The van der Waals surface area contributed by atoms with E-state index in [1.54, 1.807) is 18.0 Å². The fraction of sp³-hybridized carbons (Fsp3) is 0.300. The molecule has 4 rings (SSSR count). The molecule has 5 nitrogen and oxygen atoms in total. The molecule has 1 amide bonds. The van der Waals surface area contributed by atoms with E-state index < -0.39 is 0 Å². The third-order valence-electron chi connectivity index (χ3n) is 4.92. The van der Waals surface area contributed by atoms with Crippen molar-refractivity contribution in [3.63, 3.8) is 0 Å². The highest BCUT2D eigenvalue weighted by Gasteiger charge is 2.18. The third-order valence-corrected chi connectivity index (χ3v) is 4.92. The van der Waals surface area contributed by atoms with Gasteiger partial charge in [-0.05, 0) is 55.6 Å². The molecule has 1 aliphatic heterocycles. The van der Waals surface area contributed by atoms with Crippen LogP contribution in [0.25, 0.3) is 5.65 Å². The molecule has 3 heterocycles. The predicted molar refractivity (Wildman–Crippen MR) is 99.3 cm³/mol. The molecule has 0 atom stereocenters. The number of pyridine rings is 1. The SMILES string of the molecule is CC(=O)N(c1ccc(C2CCNCC2)cc1)c1ccn2ccnc2c1. The van der Waals surface area contributed by atoms with Crippen molar-refractivity contribution >= 4 is 22.9 Å². The summed E-state index contributed by atoms with van der Waals surface area (Å²) >= 11 is 0. The standard InChI is InChI=1S/C20H22N4O/c1-15(25)24(19-8-12-23-13-11-22-20(23)14-19)18-4-2-16(3-5-18)17-6-9-21-10-7-17/h2-5,8,11-14,17,21H,6-7,9-10H2,1H3. The normalized spacial score (nSPS) is 15.4. The second-order valence-corrected chi connectivity index (χ2v) is 6.55. The van der Waals surface area contributed by atoms with Crippen molar-refractivity contribution in [3.8, 4) is 0 Å². The summed E-state index contributed by atoms with van der Waals surface area (Å²) in [7, 11) is 0. The molecular weight excluding hydrogens is 312 g/mol. The smallest absolute Gasteiger partial charge is 0.228 e. The summed E-state index contributed by atoms with van der Waals surface area (Å²) < 4.78 is 1.93. The molecule has 1 N–H and O–H groups in total. The summed E-state index contributed by atoms with van der Waals surface area (Å²) in [6.07, 6.45) is 7.92. The van der Waals surface area contributed by atoms with E-state index in [2.05, 4.69) is 34.6 Å². The van der Waals surface area contributed by atoms with Crippen LogP contribution in [0.3, 0.4) is 0 Å². The van der Waals surface area contributed by atoms with E-state index in [9.17, 15) is 4.79 Å². The molecule has 0 bridgehead atoms. The second kappa shape index (κ2) is 6.69. The first kappa shape index (κ1) is 15.8. The first-order valence-corrected chi connectivity index (χ1v) is 8.76. The number of aromatic nitrogens is 2. The van der Waals surface area contributed by atoms with Gasteiger partial charge in [0.25, 0.3) is 0 Å². The average Bonchev–Trinajstić information content (AvgIpc) is 3.11. The molecule has 25 heavy (non-hydrogen) atoms. The summed E-state index contributed by atoms with van der Waals surface area (Å²) in [6.45, 7) is 3.75. The molecule has 0 radical (unpaired) electrons. The Bertz CT molecular complexity index is 878. The average molecular weight is 334 g/mol. The first-order valence-electron chi connectivity index (χ1n) is 8.76. The number of fused-ring (bicyclic) bond motifs is 1. The Labute approximate surface area is 147 Å². The molecule has 5 heteroatoms. The topological polar surface area (TPSA) is 49.6 Å². The number of piperidine rings is 1. The van der Waals surface area contributed by atoms with E-state index in [1.807, 2.05) is 28.9 Å². The zero-order valence-corrected chi connectivity index (χ0v) is 14.4. The molecule has 1 aliphatic rings. The van der Waals surface area contributed by atoms with Crippen LogP contribution in [0.4, 0.5) is 11.4 Å². The van der Waals surface area contributed by atoms with Gasteiger partial charge in [-0.2, -0.15) is 0 Å². The van der Waals surface area contributed by atoms with Crippen molar-refractivity contribution in [2.45, 2.75) is 25.7 Å². The number of hydrogen-bond acceptors (Lipinski definition) is 3. The molecule has 2 aromatic heterocycles. The number of nitrogens with zero attached hydrogens (tertiary/aromatic N) is 3. The van der Waals surface area contributed by atoms with Gasteiger partial charge in [0.05, 0.1) is 5.69 Å². The van der Waals surface area contributed by atoms with E-state index in [1.165, 1.54) is 18.4 Å². The fourth-order valence-electron chi connectivity index (χ4n) is 3.60. The van der Waals surface area contributed by atoms with E-state index in [4.69, 9.17) is 0 Å². The number of imidazole rings is 1. The Morgan fingerprint density at radius 1 is 1.12 bits per heavy atom. The number of anilines is 2. The van der Waals surface area contributed by atoms with Gasteiger partial charge >= 0.3 is 0 Å². The molecular formula is C20H22N4O. The quantitative estimate of drug-likeness (QED) is 0.798. The molecule has 0 saturated carbocycles. The number of nitrogens with one attached hydrogen (secondary N) is 1. The highest BCUT2D eigenvalue weighted by Crippen LogP contribution is 2.30. The minimum atomic E-state index is -0.00878. The lowest BCUT2D eigenvalue weighted by Crippen LogP contribution is -2.26. The van der Waals surface area contributed by atoms with Crippen molar-refractivity contribution in [1.29, 1.82) is 0 Å². The van der Waals surface area contributed by atoms with Crippen LogP contribution >= 0.6 is 0 Å². The van der Waals surface area contributed by atoms with Gasteiger partial charge in [-0.25, -0.2) is 4.98 Å². The van der Waals surface area contributed by atoms with Crippen molar-refractivity contribution in [3.05, 3.63) is 60.6 Å². The number of amides is 1. The molecule has 1 fully saturated rings. The van der Waals surface area contributed by atoms with Crippen molar-refractivity contribution in [1.82, 2.24) is 14.7 Å². The van der Waals surface area contributed by atoms with Crippen molar-refractivity contribution < 1.29 is 4.79 Å². The molecule has 128 valence electrons. The van der Waals surface area contributed by atoms with E-state index in [-0.39, 0.29) is 5.91 Å². The maximum atomic E-state index is 12.3. The number of carbonyl (C=O) groups excluding carboxylic acids is 1. The molecule has 0 unspecified atom stereocenters. The molecule has 0 aliphatic carbocycles. The van der Waals surface area contributed by atoms with Crippen molar-refractivity contribution in [2.24, 2.45) is 0 Å². The number of benzene rings is 1. The Balaban J connectivity index is 1.65. The summed E-state index contributed by atoms with van der Waals surface area (Å²) in [6, 6.07) is 12.3. The number of rotatable bonds is 3. The molecule has 1 aromatic carbocycles. The minimum absolute atomic E-state index is 0.00878. The maximum absolute atomic E-state index is 12.3. The lowest BCUT2D eigenvalue weighted by atomic mass is 9.90. The van der Waals surface area contributed by atoms with Crippen LogP contribution in [0.5, 0.6) is 0 Å². The van der Waals surface area contributed by atoms with Gasteiger partial charge in [-0.3, -0.25) is 9.69 Å². The van der Waals surface area contributed by atoms with Crippen LogP contribution in [-0.2, 0) is 4.79 Å². The van der Waals surface area contributed by atoms with Crippen LogP contribution in [0.15, 0.2) is 55.0 Å². The molecule has 1 saturated heterocycles. The van der Waals surface area contributed by atoms with Gasteiger partial charge in [-0.1, -0.05) is 12.1 Å². The summed E-state index contributed by atoms with van der Waals surface area (Å²) in [5.74, 6) is 0.605. The highest BCUT2D eigenvalue weighted by molar-refractivity contribution is 5.99. The van der Waals surface area contributed by atoms with Crippen LogP contribution in [0.1, 0.15) is 31.2 Å². The van der Waals surface area contributed by atoms with E-state index >= 15 is 0 Å². The largest absolute Gasteiger partial charge is 0.317 e. The first-order chi connectivity index (χ1) is 12.2. The zero-order chi connectivity index (χ0) is 17.2. The Hall–Kier alpha value is -2.66. The summed E-state index contributed by atoms with van der Waals surface area (Å²) in [4.78, 5) is 18.3. The Morgan fingerprint density at radius 3 is 2.60 bits per heavy atom. The van der Waals surface area contributed by atoms with Crippen molar-refractivity contribution in [2.75, 3.05) is 18.0 Å². The van der Waals surface area contributed by atoms with E-state index in [0.717, 1.165) is 30.1 Å². The van der Waals surface area contributed by atoms with Crippen LogP contribution in [0.2, 0.25) is 0 Å². The Morgan fingerprint density at radius 2 is 1.88 bits per heavy atom. The van der Waals surface area contributed by atoms with Crippen LogP contribution < -0.4 is 10.2 Å². The monoisotopic (exact) mass is 334 g/mol. The highest BCUT2D eigenvalue weighted by atomic mass is 16.2. The third kappa shape index (κ3) is 3.15. The van der Waals surface area contributed by atoms with Gasteiger partial charge in [0.15, 0.2) is 0 Å². The van der Waals surface area contributed by atoms with Gasteiger partial charge < -0.3 is 9.72 Å². The fourth-order valence-corrected chi connectivity index (χ4v) is 3.60. The van der Waals surface area contributed by atoms with Crippen LogP contribution in [0, 0.1) is 0 Å². The second-order valence-electron chi connectivity index (χ2n) is 6.55. The molecule has 3 aromatic rings. The molecule has 0 spiro atoms. The maximum Gasteiger partial charge on any atom is 0.228 e. The number of hydrogen-bond donors (Lipinski definition) is 1. The summed E-state index contributed by atoms with van der Waals surface area (Å²) in [5, 5.41) is 3.40. The van der Waals surface area contributed by atoms with Gasteiger partial charge in [0.1, 0.15) is 5.65 Å².